The van der Waals surface area contributed by atoms with Gasteiger partial charge in [0.25, 0.3) is 10.0 Å². The Kier molecular flexibility index (Phi) is 5.98. The van der Waals surface area contributed by atoms with E-state index in [9.17, 15) is 8.42 Å². The largest absolute Gasteiger partial charge is 0.495 e. The Morgan fingerprint density at radius 3 is 2.46 bits per heavy atom. The van der Waals surface area contributed by atoms with Crippen LogP contribution in [0.4, 0.5) is 0 Å². The van der Waals surface area contributed by atoms with Gasteiger partial charge < -0.3 is 4.74 Å². The second-order valence-electron chi connectivity index (χ2n) is 4.76. The first-order chi connectivity index (χ1) is 11.3. The van der Waals surface area contributed by atoms with Crippen LogP contribution < -0.4 is 9.57 Å². The van der Waals surface area contributed by atoms with E-state index in [1.54, 1.807) is 19.1 Å². The maximum Gasteiger partial charge on any atom is 0.280 e. The number of ether oxygens (including phenoxy) is 1. The van der Waals surface area contributed by atoms with Crippen LogP contribution in [-0.2, 0) is 10.0 Å². The molecule has 2 rings (SSSR count). The quantitative estimate of drug-likeness (QED) is 0.457. The van der Waals surface area contributed by atoms with E-state index in [-0.39, 0.29) is 20.7 Å². The zero-order valence-electron chi connectivity index (χ0n) is 12.7. The van der Waals surface area contributed by atoms with E-state index in [1.807, 2.05) is 0 Å². The number of nitrogens with zero attached hydrogens (tertiary/aromatic N) is 1. The minimum Gasteiger partial charge on any atom is -0.495 e. The van der Waals surface area contributed by atoms with E-state index in [1.165, 1.54) is 31.5 Å². The number of rotatable bonds is 5. The maximum atomic E-state index is 12.4. The molecule has 0 heterocycles. The van der Waals surface area contributed by atoms with Gasteiger partial charge in [0.05, 0.1) is 28.4 Å². The zero-order chi connectivity index (χ0) is 17.9. The summed E-state index contributed by atoms with van der Waals surface area (Å²) in [5.74, 6) is 0.210. The summed E-state index contributed by atoms with van der Waals surface area (Å²) in [6.45, 7) is 1.77. The Morgan fingerprint density at radius 1 is 1.12 bits per heavy atom. The van der Waals surface area contributed by atoms with Gasteiger partial charge in [-0.05, 0) is 36.8 Å². The minimum atomic E-state index is -3.92. The summed E-state index contributed by atoms with van der Waals surface area (Å²) in [6, 6.07) is 7.86. The predicted molar refractivity (Wildman–Crippen MR) is 97.1 cm³/mol. The lowest BCUT2D eigenvalue weighted by atomic mass is 10.2. The van der Waals surface area contributed by atoms with Crippen molar-refractivity contribution in [3.05, 3.63) is 56.5 Å². The van der Waals surface area contributed by atoms with Crippen LogP contribution in [0.15, 0.2) is 40.3 Å². The molecule has 0 saturated carbocycles. The molecule has 9 heteroatoms. The van der Waals surface area contributed by atoms with Crippen LogP contribution in [0, 0.1) is 6.92 Å². The lowest BCUT2D eigenvalue weighted by molar-refractivity contribution is 0.402. The van der Waals surface area contributed by atoms with E-state index in [4.69, 9.17) is 39.5 Å². The molecule has 0 unspecified atom stereocenters. The fraction of sp³-hybridized carbons (Fsp3) is 0.133. The molecule has 1 N–H and O–H groups in total. The van der Waals surface area contributed by atoms with E-state index in [0.717, 1.165) is 5.56 Å². The number of hydrogen-bond acceptors (Lipinski definition) is 4. The molecular formula is C15H13Cl3N2O3S. The summed E-state index contributed by atoms with van der Waals surface area (Å²) in [6.07, 6.45) is 1.19. The number of sulfonamides is 1. The Balaban J connectivity index is 2.32. The van der Waals surface area contributed by atoms with Crippen molar-refractivity contribution in [2.45, 2.75) is 11.8 Å². The first-order valence-corrected chi connectivity index (χ1v) is 9.21. The van der Waals surface area contributed by atoms with Crippen molar-refractivity contribution in [3.63, 3.8) is 0 Å². The van der Waals surface area contributed by atoms with Crippen molar-refractivity contribution in [2.75, 3.05) is 7.11 Å². The summed E-state index contributed by atoms with van der Waals surface area (Å²) < 4.78 is 29.9. The molecule has 0 bridgehead atoms. The fourth-order valence-electron chi connectivity index (χ4n) is 1.86. The molecule has 2 aromatic carbocycles. The zero-order valence-corrected chi connectivity index (χ0v) is 15.8. The Labute approximate surface area is 155 Å². The van der Waals surface area contributed by atoms with Crippen molar-refractivity contribution in [3.8, 4) is 5.75 Å². The highest BCUT2D eigenvalue weighted by atomic mass is 35.5. The SMILES string of the molecule is COc1ccc(C)cc1S(=O)(=O)N/N=C/c1c(Cl)ccc(Cl)c1Cl. The van der Waals surface area contributed by atoms with Gasteiger partial charge in [0.2, 0.25) is 0 Å². The van der Waals surface area contributed by atoms with Crippen LogP contribution >= 0.6 is 34.8 Å². The van der Waals surface area contributed by atoms with Crippen molar-refractivity contribution >= 4 is 51.0 Å². The molecule has 0 spiro atoms. The number of hydrogen-bond donors (Lipinski definition) is 1. The summed E-state index contributed by atoms with van der Waals surface area (Å²) in [5.41, 5.74) is 1.07. The van der Waals surface area contributed by atoms with Crippen molar-refractivity contribution in [2.24, 2.45) is 5.10 Å². The van der Waals surface area contributed by atoms with Gasteiger partial charge in [-0.3, -0.25) is 0 Å². The highest BCUT2D eigenvalue weighted by Gasteiger charge is 2.19. The fourth-order valence-corrected chi connectivity index (χ4v) is 3.54. The third kappa shape index (κ3) is 4.13. The van der Waals surface area contributed by atoms with Gasteiger partial charge in [-0.25, -0.2) is 0 Å². The van der Waals surface area contributed by atoms with E-state index >= 15 is 0 Å². The van der Waals surface area contributed by atoms with E-state index < -0.39 is 10.0 Å². The van der Waals surface area contributed by atoms with Crippen LogP contribution in [0.1, 0.15) is 11.1 Å². The minimum absolute atomic E-state index is 0.0227. The number of aryl methyl sites for hydroxylation is 1. The van der Waals surface area contributed by atoms with Gasteiger partial charge >= 0.3 is 0 Å². The molecule has 128 valence electrons. The molecule has 0 aromatic heterocycles. The monoisotopic (exact) mass is 406 g/mol. The second kappa shape index (κ2) is 7.61. The predicted octanol–water partition coefficient (Wildman–Crippen LogP) is 4.28. The van der Waals surface area contributed by atoms with E-state index in [0.29, 0.717) is 10.6 Å². The molecule has 0 aliphatic carbocycles. The van der Waals surface area contributed by atoms with Gasteiger partial charge in [-0.1, -0.05) is 40.9 Å². The van der Waals surface area contributed by atoms with Crippen LogP contribution in [-0.4, -0.2) is 21.7 Å². The molecule has 0 amide bonds. The van der Waals surface area contributed by atoms with Crippen LogP contribution in [0.5, 0.6) is 5.75 Å². The lowest BCUT2D eigenvalue weighted by Gasteiger charge is -2.10. The average Bonchev–Trinajstić information content (AvgIpc) is 2.54. The maximum absolute atomic E-state index is 12.4. The van der Waals surface area contributed by atoms with Crippen molar-refractivity contribution in [1.82, 2.24) is 4.83 Å². The molecule has 0 aliphatic rings. The first-order valence-electron chi connectivity index (χ1n) is 6.59. The standard InChI is InChI=1S/C15H13Cl3N2O3S/c1-9-3-6-13(23-2)14(7-9)24(21,22)20-19-8-10-11(16)4-5-12(17)15(10)18/h3-8,20H,1-2H3/b19-8+. The molecular weight excluding hydrogens is 395 g/mol. The third-order valence-electron chi connectivity index (χ3n) is 3.05. The van der Waals surface area contributed by atoms with Gasteiger partial charge in [-0.2, -0.15) is 18.4 Å². The van der Waals surface area contributed by atoms with E-state index in [2.05, 4.69) is 9.93 Å². The molecule has 5 nitrogen and oxygen atoms in total. The molecule has 0 fully saturated rings. The molecule has 24 heavy (non-hydrogen) atoms. The summed E-state index contributed by atoms with van der Waals surface area (Å²) >= 11 is 17.9. The summed E-state index contributed by atoms with van der Waals surface area (Å²) in [5, 5.41) is 4.47. The normalized spacial score (nSPS) is 11.7. The molecule has 0 saturated heterocycles. The highest BCUT2D eigenvalue weighted by molar-refractivity contribution is 7.89. The van der Waals surface area contributed by atoms with Crippen LogP contribution in [0.2, 0.25) is 15.1 Å². The highest BCUT2D eigenvalue weighted by Crippen LogP contribution is 2.30. The Bertz CT molecular complexity index is 899. The molecule has 0 atom stereocenters. The number of nitrogens with one attached hydrogen (secondary N) is 1. The van der Waals surface area contributed by atoms with Gasteiger partial charge in [0, 0.05) is 5.56 Å². The summed E-state index contributed by atoms with van der Waals surface area (Å²) in [7, 11) is -2.54. The number of halogens is 3. The average molecular weight is 408 g/mol. The number of benzene rings is 2. The third-order valence-corrected chi connectivity index (χ3v) is 5.45. The molecule has 2 aromatic rings. The number of methoxy groups -OCH3 is 1. The van der Waals surface area contributed by atoms with Crippen molar-refractivity contribution in [1.29, 1.82) is 0 Å². The van der Waals surface area contributed by atoms with Gasteiger partial charge in [-0.15, -0.1) is 0 Å². The number of hydrazone groups is 1. The molecule has 0 aliphatic heterocycles. The van der Waals surface area contributed by atoms with Crippen LogP contribution in [0.3, 0.4) is 0 Å². The molecule has 0 radical (unpaired) electrons. The van der Waals surface area contributed by atoms with Crippen LogP contribution in [0.25, 0.3) is 0 Å². The lowest BCUT2D eigenvalue weighted by Crippen LogP contribution is -2.19. The Morgan fingerprint density at radius 2 is 1.79 bits per heavy atom. The van der Waals surface area contributed by atoms with Crippen molar-refractivity contribution < 1.29 is 13.2 Å². The Hall–Kier alpha value is -1.47. The van der Waals surface area contributed by atoms with Gasteiger partial charge in [0.15, 0.2) is 0 Å². The van der Waals surface area contributed by atoms with Gasteiger partial charge in [0.1, 0.15) is 10.6 Å². The summed E-state index contributed by atoms with van der Waals surface area (Å²) in [4.78, 5) is 2.08. The smallest absolute Gasteiger partial charge is 0.280 e. The first kappa shape index (κ1) is 18.9. The second-order valence-corrected chi connectivity index (χ2v) is 7.59. The topological polar surface area (TPSA) is 67.8 Å².